The number of carbonyl (C=O) groups excluding carboxylic acids is 3. The molecule has 0 radical (unpaired) electrons. The minimum Gasteiger partial charge on any atom is -0.508 e. The van der Waals surface area contributed by atoms with Crippen molar-refractivity contribution in [3.8, 4) is 11.5 Å². The summed E-state index contributed by atoms with van der Waals surface area (Å²) in [5.41, 5.74) is 1.04. The van der Waals surface area contributed by atoms with Crippen molar-refractivity contribution in [2.75, 3.05) is 11.5 Å². The molecule has 288 valence electrons. The first kappa shape index (κ1) is 47.2. The van der Waals surface area contributed by atoms with Gasteiger partial charge in [-0.1, -0.05) is 73.5 Å². The number of hydrogen-bond acceptors (Lipinski definition) is 11. The normalized spacial score (nSPS) is 13.0. The van der Waals surface area contributed by atoms with E-state index in [4.69, 9.17) is 20.4 Å². The Morgan fingerprint density at radius 3 is 1.17 bits per heavy atom. The molecule has 0 spiro atoms. The molecule has 0 unspecified atom stereocenters. The minimum absolute atomic E-state index is 0.0628. The molecule has 17 heteroatoms. The molecule has 52 heavy (non-hydrogen) atoms. The summed E-state index contributed by atoms with van der Waals surface area (Å²) in [6.45, 7) is 7.73. The van der Waals surface area contributed by atoms with Crippen LogP contribution in [0.4, 0.5) is 4.79 Å². The average molecular weight is 769 g/mol. The Kier molecular flexibility index (Phi) is 22.2. The molecule has 0 atom stereocenters. The summed E-state index contributed by atoms with van der Waals surface area (Å²) in [4.78, 5) is 73.4. The molecule has 8 N–H and O–H groups in total. The Balaban J connectivity index is 0.000000682. The van der Waals surface area contributed by atoms with E-state index in [2.05, 4.69) is 24.5 Å². The number of urea groups is 1. The third-order valence-electron chi connectivity index (χ3n) is 7.62. The number of phenolic OH excluding ortho intramolecular Hbond substituents is 2. The number of imide groups is 2. The molecule has 1 heterocycles. The predicted molar refractivity (Wildman–Crippen MR) is 196 cm³/mol. The number of benzene rings is 2. The fourth-order valence-electron chi connectivity index (χ4n) is 4.32. The van der Waals surface area contributed by atoms with E-state index in [-0.39, 0.29) is 42.6 Å². The summed E-state index contributed by atoms with van der Waals surface area (Å²) >= 11 is 0. The Morgan fingerprint density at radius 2 is 0.904 bits per heavy atom. The number of phenols is 2. The van der Waals surface area contributed by atoms with E-state index >= 15 is 0 Å². The first-order valence-corrected chi connectivity index (χ1v) is 18.7. The average Bonchev–Trinajstić information content (AvgIpc) is 3.06. The van der Waals surface area contributed by atoms with Gasteiger partial charge in [-0.3, -0.25) is 39.4 Å². The lowest BCUT2D eigenvalue weighted by Crippen LogP contribution is -2.61. The van der Waals surface area contributed by atoms with Crippen LogP contribution in [0.25, 0.3) is 0 Å². The van der Waals surface area contributed by atoms with Crippen LogP contribution in [-0.2, 0) is 34.2 Å². The van der Waals surface area contributed by atoms with Crippen molar-refractivity contribution in [2.45, 2.75) is 84.5 Å². The number of aromatic hydroxyl groups is 2. The molecular formula is C35H48N2O13S2. The molecule has 1 aliphatic heterocycles. The number of nitrogens with one attached hydrogen (secondary N) is 2. The highest BCUT2D eigenvalue weighted by atomic mass is 33.1. The van der Waals surface area contributed by atoms with E-state index in [9.17, 15) is 43.8 Å². The highest BCUT2D eigenvalue weighted by Gasteiger charge is 2.47. The number of aliphatic carboxylic acids is 4. The minimum atomic E-state index is -1.06. The Labute approximate surface area is 310 Å². The van der Waals surface area contributed by atoms with Crippen molar-refractivity contribution in [1.29, 1.82) is 0 Å². The molecule has 1 fully saturated rings. The van der Waals surface area contributed by atoms with Gasteiger partial charge >= 0.3 is 29.9 Å². The lowest BCUT2D eigenvalue weighted by molar-refractivity contribution is -0.145. The van der Waals surface area contributed by atoms with Crippen LogP contribution in [0.15, 0.2) is 48.5 Å². The van der Waals surface area contributed by atoms with Crippen molar-refractivity contribution >= 4 is 63.3 Å². The Morgan fingerprint density at radius 1 is 0.596 bits per heavy atom. The number of unbranched alkanes of at least 4 members (excludes halogenated alkanes) is 1. The molecule has 0 aliphatic carbocycles. The van der Waals surface area contributed by atoms with Crippen LogP contribution in [0.2, 0.25) is 0 Å². The molecule has 4 amide bonds. The van der Waals surface area contributed by atoms with E-state index in [1.807, 2.05) is 24.3 Å². The fourth-order valence-corrected chi connectivity index (χ4v) is 6.28. The number of carboxylic acid groups (broad SMARTS) is 4. The molecule has 1 saturated heterocycles. The van der Waals surface area contributed by atoms with Crippen LogP contribution < -0.4 is 10.6 Å². The van der Waals surface area contributed by atoms with E-state index in [0.29, 0.717) is 37.2 Å². The molecular weight excluding hydrogens is 721 g/mol. The zero-order valence-corrected chi connectivity index (χ0v) is 31.2. The summed E-state index contributed by atoms with van der Waals surface area (Å²) in [6.07, 6.45) is 2.07. The van der Waals surface area contributed by atoms with Crippen LogP contribution in [-0.4, -0.2) is 83.9 Å². The topological polar surface area (TPSA) is 265 Å². The summed E-state index contributed by atoms with van der Waals surface area (Å²) in [7, 11) is 2.79. The Hall–Kier alpha value is -4.77. The molecule has 2 aromatic carbocycles. The summed E-state index contributed by atoms with van der Waals surface area (Å²) < 4.78 is 0. The third kappa shape index (κ3) is 18.5. The quantitative estimate of drug-likeness (QED) is 0.0585. The first-order valence-electron chi connectivity index (χ1n) is 16.2. The fraction of sp³-hybridized carbons (Fsp3) is 0.457. The number of rotatable bonds is 16. The summed E-state index contributed by atoms with van der Waals surface area (Å²) in [6, 6.07) is 13.7. The zero-order valence-electron chi connectivity index (χ0n) is 29.5. The Bertz CT molecular complexity index is 1370. The van der Waals surface area contributed by atoms with Crippen molar-refractivity contribution in [1.82, 2.24) is 10.6 Å². The smallest absolute Gasteiger partial charge is 0.328 e. The maximum Gasteiger partial charge on any atom is 0.328 e. The summed E-state index contributed by atoms with van der Waals surface area (Å²) in [5.74, 6) is -2.76. The highest BCUT2D eigenvalue weighted by Crippen LogP contribution is 2.33. The molecule has 1 aliphatic rings. The van der Waals surface area contributed by atoms with Gasteiger partial charge in [-0.15, -0.1) is 0 Å². The highest BCUT2D eigenvalue weighted by molar-refractivity contribution is 8.76. The zero-order chi connectivity index (χ0) is 39.9. The van der Waals surface area contributed by atoms with Crippen LogP contribution in [0, 0.1) is 5.41 Å². The second-order valence-electron chi connectivity index (χ2n) is 11.7. The van der Waals surface area contributed by atoms with Crippen molar-refractivity contribution in [3.05, 3.63) is 59.7 Å². The van der Waals surface area contributed by atoms with Gasteiger partial charge in [0.2, 0.25) is 11.8 Å². The van der Waals surface area contributed by atoms with Crippen LogP contribution in [0.5, 0.6) is 11.5 Å². The summed E-state index contributed by atoms with van der Waals surface area (Å²) in [5, 5.41) is 55.5. The number of carboxylic acids is 4. The molecule has 2 aromatic rings. The predicted octanol–water partition coefficient (Wildman–Crippen LogP) is 5.62. The second kappa shape index (κ2) is 24.4. The van der Waals surface area contributed by atoms with Crippen molar-refractivity contribution < 1.29 is 64.2 Å². The van der Waals surface area contributed by atoms with E-state index in [0.717, 1.165) is 11.1 Å². The van der Waals surface area contributed by atoms with Gasteiger partial charge in [0.1, 0.15) is 16.9 Å². The van der Waals surface area contributed by atoms with Gasteiger partial charge in [-0.2, -0.15) is 0 Å². The van der Waals surface area contributed by atoms with Crippen molar-refractivity contribution in [2.24, 2.45) is 5.41 Å². The van der Waals surface area contributed by atoms with Gasteiger partial charge in [0.15, 0.2) is 0 Å². The van der Waals surface area contributed by atoms with Crippen molar-refractivity contribution in [3.63, 3.8) is 0 Å². The number of barbiturate groups is 1. The van der Waals surface area contributed by atoms with Gasteiger partial charge in [0.05, 0.1) is 12.8 Å². The maximum atomic E-state index is 11.4. The molecule has 0 aromatic heterocycles. The molecule has 0 bridgehead atoms. The molecule has 3 rings (SSSR count). The van der Waals surface area contributed by atoms with E-state index < -0.39 is 47.1 Å². The lowest BCUT2D eigenvalue weighted by atomic mass is 9.78. The van der Waals surface area contributed by atoms with Crippen LogP contribution >= 0.6 is 21.6 Å². The first-order chi connectivity index (χ1) is 24.3. The SMILES string of the molecule is CC(C)(c1ccc(O)cc1)c1ccc(O)cc1.CCC1(CC)C(=O)NC(=O)NC1=O.O=C(O)CCCCC(=O)O.O=C(O)CCSSCCC(=O)O. The van der Waals surface area contributed by atoms with Crippen LogP contribution in [0.3, 0.4) is 0 Å². The van der Waals surface area contributed by atoms with Crippen LogP contribution in [0.1, 0.15) is 90.2 Å². The second-order valence-corrected chi connectivity index (χ2v) is 14.4. The number of carbonyl (C=O) groups is 7. The van der Waals surface area contributed by atoms with Gasteiger partial charge in [0, 0.05) is 29.8 Å². The van der Waals surface area contributed by atoms with E-state index in [1.54, 1.807) is 38.1 Å². The molecule has 0 saturated carbocycles. The monoisotopic (exact) mass is 768 g/mol. The number of hydrogen-bond donors (Lipinski definition) is 8. The standard InChI is InChI=1S/C15H16O2.C8H12N2O3.C6H10O4S2.C6H10O4/c1-15(2,11-3-7-13(16)8-4-11)12-5-9-14(17)10-6-12;1-3-8(4-2)5(11)9-7(13)10-6(8)12;7-5(8)1-3-11-12-4-2-6(9)10;7-5(8)3-1-2-4-6(9)10/h3-10,16-17H,1-2H3;3-4H2,1-2H3,(H2,9,10,11,12,13);1-4H2,(H,7,8)(H,9,10);1-4H2,(H,7,8)(H,9,10). The lowest BCUT2D eigenvalue weighted by Gasteiger charge is -2.31. The largest absolute Gasteiger partial charge is 0.508 e. The third-order valence-corrected chi connectivity index (χ3v) is 10.0. The maximum absolute atomic E-state index is 11.4. The van der Waals surface area contributed by atoms with Gasteiger partial charge in [-0.05, 0) is 61.1 Å². The number of amides is 4. The molecule has 15 nitrogen and oxygen atoms in total. The van der Waals surface area contributed by atoms with E-state index in [1.165, 1.54) is 21.6 Å². The van der Waals surface area contributed by atoms with Gasteiger partial charge in [-0.25, -0.2) is 4.79 Å². The van der Waals surface area contributed by atoms with Gasteiger partial charge < -0.3 is 30.6 Å². The van der Waals surface area contributed by atoms with Gasteiger partial charge in [0.25, 0.3) is 0 Å².